The molecule has 7 heteroatoms. The number of ether oxygens (including phenoxy) is 1. The second kappa shape index (κ2) is 6.15. The van der Waals surface area contributed by atoms with E-state index in [1.165, 1.54) is 12.3 Å². The summed E-state index contributed by atoms with van der Waals surface area (Å²) in [4.78, 5) is 31.6. The van der Waals surface area contributed by atoms with E-state index in [1.807, 2.05) is 20.8 Å². The number of aromatic amines is 1. The van der Waals surface area contributed by atoms with Gasteiger partial charge in [-0.2, -0.15) is 0 Å². The molecule has 1 aliphatic rings. The molecule has 21 heavy (non-hydrogen) atoms. The van der Waals surface area contributed by atoms with Crippen LogP contribution < -0.4 is 10.9 Å². The first kappa shape index (κ1) is 15.3. The van der Waals surface area contributed by atoms with Gasteiger partial charge in [-0.25, -0.2) is 9.78 Å². The Balaban J connectivity index is 1.83. The second-order valence-electron chi connectivity index (χ2n) is 6.17. The highest BCUT2D eigenvalue weighted by Crippen LogP contribution is 2.17. The Hall–Kier alpha value is -2.05. The minimum Gasteiger partial charge on any atom is -0.444 e. The van der Waals surface area contributed by atoms with Crippen molar-refractivity contribution in [2.24, 2.45) is 0 Å². The van der Waals surface area contributed by atoms with E-state index in [0.29, 0.717) is 19.0 Å². The van der Waals surface area contributed by atoms with Gasteiger partial charge >= 0.3 is 6.09 Å². The van der Waals surface area contributed by atoms with Crippen molar-refractivity contribution < 1.29 is 9.53 Å². The van der Waals surface area contributed by atoms with Gasteiger partial charge in [-0.15, -0.1) is 0 Å². The molecule has 2 heterocycles. The van der Waals surface area contributed by atoms with Gasteiger partial charge in [0.1, 0.15) is 5.60 Å². The molecule has 1 aromatic rings. The maximum absolute atomic E-state index is 11.9. The lowest BCUT2D eigenvalue weighted by Crippen LogP contribution is -2.44. The first-order valence-electron chi connectivity index (χ1n) is 7.13. The molecule has 0 saturated carbocycles. The van der Waals surface area contributed by atoms with Crippen LogP contribution in [0.5, 0.6) is 0 Å². The van der Waals surface area contributed by atoms with E-state index in [2.05, 4.69) is 15.3 Å². The Morgan fingerprint density at radius 2 is 2.10 bits per heavy atom. The van der Waals surface area contributed by atoms with E-state index >= 15 is 0 Å². The first-order valence-corrected chi connectivity index (χ1v) is 7.13. The number of piperidine rings is 1. The molecule has 1 fully saturated rings. The van der Waals surface area contributed by atoms with Crippen LogP contribution in [-0.4, -0.2) is 45.7 Å². The predicted molar refractivity (Wildman–Crippen MR) is 79.3 cm³/mol. The molecule has 1 aliphatic heterocycles. The summed E-state index contributed by atoms with van der Waals surface area (Å²) in [6, 6.07) is 1.56. The van der Waals surface area contributed by atoms with Crippen molar-refractivity contribution in [3.8, 4) is 0 Å². The van der Waals surface area contributed by atoms with Crippen LogP contribution in [0.3, 0.4) is 0 Å². The molecule has 7 nitrogen and oxygen atoms in total. The number of anilines is 1. The normalized spacial score (nSPS) is 16.6. The lowest BCUT2D eigenvalue weighted by atomic mass is 10.1. The highest BCUT2D eigenvalue weighted by molar-refractivity contribution is 5.68. The van der Waals surface area contributed by atoms with E-state index in [9.17, 15) is 9.59 Å². The van der Waals surface area contributed by atoms with Gasteiger partial charge in [0.15, 0.2) is 0 Å². The molecule has 0 spiro atoms. The zero-order chi connectivity index (χ0) is 15.5. The van der Waals surface area contributed by atoms with Crippen molar-refractivity contribution in [3.63, 3.8) is 0 Å². The molecule has 116 valence electrons. The maximum Gasteiger partial charge on any atom is 0.410 e. The van der Waals surface area contributed by atoms with Crippen molar-refractivity contribution in [3.05, 3.63) is 22.6 Å². The fraction of sp³-hybridized carbons (Fsp3) is 0.643. The van der Waals surface area contributed by atoms with Crippen LogP contribution in [0.2, 0.25) is 0 Å². The lowest BCUT2D eigenvalue weighted by molar-refractivity contribution is 0.0210. The number of amides is 1. The molecule has 0 radical (unpaired) electrons. The Kier molecular flexibility index (Phi) is 4.50. The summed E-state index contributed by atoms with van der Waals surface area (Å²) in [5.74, 6) is 0.471. The molecule has 2 rings (SSSR count). The molecule has 1 amide bonds. The topological polar surface area (TPSA) is 87.3 Å². The number of hydrogen-bond donors (Lipinski definition) is 2. The monoisotopic (exact) mass is 294 g/mol. The molecule has 0 bridgehead atoms. The van der Waals surface area contributed by atoms with Crippen molar-refractivity contribution in [2.75, 3.05) is 18.4 Å². The molecule has 0 unspecified atom stereocenters. The van der Waals surface area contributed by atoms with Gasteiger partial charge in [0.05, 0.1) is 0 Å². The Bertz CT molecular complexity index is 542. The summed E-state index contributed by atoms with van der Waals surface area (Å²) in [5, 5.41) is 3.18. The summed E-state index contributed by atoms with van der Waals surface area (Å²) in [7, 11) is 0. The Labute approximate surface area is 123 Å². The molecule has 0 aromatic carbocycles. The van der Waals surface area contributed by atoms with Crippen molar-refractivity contribution in [1.29, 1.82) is 0 Å². The number of rotatable bonds is 2. The fourth-order valence-corrected chi connectivity index (χ4v) is 2.17. The van der Waals surface area contributed by atoms with E-state index < -0.39 is 5.60 Å². The molecule has 0 aliphatic carbocycles. The van der Waals surface area contributed by atoms with Crippen LogP contribution in [0.4, 0.5) is 10.7 Å². The second-order valence-corrected chi connectivity index (χ2v) is 6.17. The van der Waals surface area contributed by atoms with Gasteiger partial charge < -0.3 is 15.0 Å². The largest absolute Gasteiger partial charge is 0.444 e. The number of H-pyrrole nitrogens is 1. The highest BCUT2D eigenvalue weighted by Gasteiger charge is 2.26. The molecule has 2 N–H and O–H groups in total. The zero-order valence-electron chi connectivity index (χ0n) is 12.7. The summed E-state index contributed by atoms with van der Waals surface area (Å²) in [6.45, 7) is 6.83. The average Bonchev–Trinajstić information content (AvgIpc) is 2.37. The summed E-state index contributed by atoms with van der Waals surface area (Å²) >= 11 is 0. The van der Waals surface area contributed by atoms with Gasteiger partial charge in [-0.1, -0.05) is 0 Å². The van der Waals surface area contributed by atoms with E-state index in [-0.39, 0.29) is 17.7 Å². The minimum absolute atomic E-state index is 0.182. The lowest BCUT2D eigenvalue weighted by Gasteiger charge is -2.33. The van der Waals surface area contributed by atoms with Crippen LogP contribution >= 0.6 is 0 Å². The summed E-state index contributed by atoms with van der Waals surface area (Å²) in [5.41, 5.74) is -0.654. The third kappa shape index (κ3) is 4.77. The molecule has 1 aromatic heterocycles. The molecule has 0 atom stereocenters. The van der Waals surface area contributed by atoms with Gasteiger partial charge in [0.25, 0.3) is 5.56 Å². The number of aromatic nitrogens is 2. The summed E-state index contributed by atoms with van der Waals surface area (Å²) in [6.07, 6.45) is 2.78. The van der Waals surface area contributed by atoms with Crippen LogP contribution in [0.15, 0.2) is 17.1 Å². The van der Waals surface area contributed by atoms with Gasteiger partial charge in [0.2, 0.25) is 5.95 Å². The van der Waals surface area contributed by atoms with Gasteiger partial charge in [-0.05, 0) is 33.6 Å². The summed E-state index contributed by atoms with van der Waals surface area (Å²) < 4.78 is 5.35. The zero-order valence-corrected chi connectivity index (χ0v) is 12.7. The standard InChI is InChI=1S/C14H22N4O3/c1-14(2,3)21-13(20)18-8-5-10(6-9-18)16-12-15-7-4-11(19)17-12/h4,7,10H,5-6,8-9H2,1-3H3,(H2,15,16,17,19). The number of nitrogens with zero attached hydrogens (tertiary/aromatic N) is 2. The molecule has 1 saturated heterocycles. The van der Waals surface area contributed by atoms with Crippen molar-refractivity contribution >= 4 is 12.0 Å². The highest BCUT2D eigenvalue weighted by atomic mass is 16.6. The quantitative estimate of drug-likeness (QED) is 0.864. The third-order valence-corrected chi connectivity index (χ3v) is 3.16. The first-order chi connectivity index (χ1) is 9.83. The molecular formula is C14H22N4O3. The van der Waals surface area contributed by atoms with Crippen LogP contribution in [-0.2, 0) is 4.74 Å². The predicted octanol–water partition coefficient (Wildman–Crippen LogP) is 1.58. The van der Waals surface area contributed by atoms with E-state index in [1.54, 1.807) is 4.90 Å². The number of hydrogen-bond acceptors (Lipinski definition) is 5. The molecular weight excluding hydrogens is 272 g/mol. The smallest absolute Gasteiger partial charge is 0.410 e. The van der Waals surface area contributed by atoms with Gasteiger partial charge in [-0.3, -0.25) is 9.78 Å². The van der Waals surface area contributed by atoms with Crippen LogP contribution in [0, 0.1) is 0 Å². The fourth-order valence-electron chi connectivity index (χ4n) is 2.17. The Morgan fingerprint density at radius 1 is 1.43 bits per heavy atom. The van der Waals surface area contributed by atoms with Crippen LogP contribution in [0.1, 0.15) is 33.6 Å². The van der Waals surface area contributed by atoms with E-state index in [4.69, 9.17) is 4.74 Å². The third-order valence-electron chi connectivity index (χ3n) is 3.16. The number of likely N-dealkylation sites (tertiary alicyclic amines) is 1. The average molecular weight is 294 g/mol. The van der Waals surface area contributed by atoms with Crippen molar-refractivity contribution in [2.45, 2.75) is 45.3 Å². The van der Waals surface area contributed by atoms with E-state index in [0.717, 1.165) is 12.8 Å². The number of carbonyl (C=O) groups is 1. The number of nitrogens with one attached hydrogen (secondary N) is 2. The minimum atomic E-state index is -0.473. The van der Waals surface area contributed by atoms with Crippen molar-refractivity contribution in [1.82, 2.24) is 14.9 Å². The SMILES string of the molecule is CC(C)(C)OC(=O)N1CCC(Nc2nccc(=O)[nH]2)CC1. The van der Waals surface area contributed by atoms with Gasteiger partial charge in [0, 0.05) is 31.4 Å². The van der Waals surface area contributed by atoms with Crippen LogP contribution in [0.25, 0.3) is 0 Å². The number of carbonyl (C=O) groups excluding carboxylic acids is 1. The maximum atomic E-state index is 11.9. The Morgan fingerprint density at radius 3 is 2.67 bits per heavy atom.